The standard InChI is InChI=1S/C13H20F2N4O2S/c1-5-13(14,15)8-22-12(3)17-7-6-9(18-12)11(2,16)19-10(20)21-4/h5,7H,1,6,8,16H2,2-4H3,(H,19,20). The fourth-order valence-electron chi connectivity index (χ4n) is 1.65. The van der Waals surface area contributed by atoms with Crippen molar-refractivity contribution in [1.82, 2.24) is 5.32 Å². The largest absolute Gasteiger partial charge is 0.453 e. The number of amides is 1. The van der Waals surface area contributed by atoms with E-state index < -0.39 is 28.4 Å². The molecule has 6 nitrogen and oxygen atoms in total. The Morgan fingerprint density at radius 1 is 1.73 bits per heavy atom. The lowest BCUT2D eigenvalue weighted by atomic mass is 10.0. The van der Waals surface area contributed by atoms with Gasteiger partial charge in [0.1, 0.15) is 5.66 Å². The molecular formula is C13H20F2N4O2S. The Morgan fingerprint density at radius 3 is 2.91 bits per heavy atom. The third-order valence-electron chi connectivity index (χ3n) is 2.94. The van der Waals surface area contributed by atoms with Crippen LogP contribution in [0.4, 0.5) is 13.6 Å². The number of nitrogens with two attached hydrogens (primary N) is 1. The van der Waals surface area contributed by atoms with Crippen molar-refractivity contribution >= 4 is 29.8 Å². The predicted octanol–water partition coefficient (Wildman–Crippen LogP) is 2.16. The van der Waals surface area contributed by atoms with E-state index in [4.69, 9.17) is 5.73 Å². The third-order valence-corrected chi connectivity index (χ3v) is 4.21. The number of halogens is 2. The summed E-state index contributed by atoms with van der Waals surface area (Å²) in [4.78, 5) is 18.7. The molecule has 0 radical (unpaired) electrons. The molecule has 1 aliphatic rings. The minimum absolute atomic E-state index is 0.311. The molecule has 3 N–H and O–H groups in total. The van der Waals surface area contributed by atoms with Crippen LogP contribution in [0.2, 0.25) is 0 Å². The molecule has 124 valence electrons. The van der Waals surface area contributed by atoms with E-state index in [1.54, 1.807) is 20.1 Å². The molecule has 0 saturated heterocycles. The van der Waals surface area contributed by atoms with Crippen molar-refractivity contribution in [2.24, 2.45) is 15.7 Å². The summed E-state index contributed by atoms with van der Waals surface area (Å²) in [6, 6.07) is 0. The Hall–Kier alpha value is -1.48. The van der Waals surface area contributed by atoms with E-state index in [9.17, 15) is 13.6 Å². The SMILES string of the molecule is C=CC(F)(F)CSC1(C)N=CCC(C(C)(N)NC(=O)OC)=N1. The summed E-state index contributed by atoms with van der Waals surface area (Å²) in [7, 11) is 1.22. The van der Waals surface area contributed by atoms with Crippen molar-refractivity contribution in [1.29, 1.82) is 0 Å². The van der Waals surface area contributed by atoms with Gasteiger partial charge in [-0.15, -0.1) is 11.8 Å². The second-order valence-corrected chi connectivity index (χ2v) is 6.43. The predicted molar refractivity (Wildman–Crippen MR) is 84.7 cm³/mol. The number of thioether (sulfide) groups is 1. The van der Waals surface area contributed by atoms with Gasteiger partial charge < -0.3 is 10.5 Å². The van der Waals surface area contributed by atoms with Crippen molar-refractivity contribution < 1.29 is 18.3 Å². The lowest BCUT2D eigenvalue weighted by Crippen LogP contribution is -2.60. The minimum Gasteiger partial charge on any atom is -0.453 e. The van der Waals surface area contributed by atoms with E-state index in [0.717, 1.165) is 11.8 Å². The molecule has 2 unspecified atom stereocenters. The maximum absolute atomic E-state index is 13.3. The topological polar surface area (TPSA) is 89.1 Å². The van der Waals surface area contributed by atoms with Crippen LogP contribution in [0.1, 0.15) is 20.3 Å². The zero-order valence-electron chi connectivity index (χ0n) is 12.7. The molecule has 0 aromatic rings. The Bertz CT molecular complexity index is 508. The number of carbonyl (C=O) groups is 1. The van der Waals surface area contributed by atoms with Crippen LogP contribution in [0.5, 0.6) is 0 Å². The number of ether oxygens (including phenoxy) is 1. The lowest BCUT2D eigenvalue weighted by Gasteiger charge is -2.33. The smallest absolute Gasteiger partial charge is 0.408 e. The maximum atomic E-state index is 13.3. The molecule has 2 atom stereocenters. The highest BCUT2D eigenvalue weighted by molar-refractivity contribution is 8.00. The van der Waals surface area contributed by atoms with Gasteiger partial charge in [-0.1, -0.05) is 6.58 Å². The monoisotopic (exact) mass is 334 g/mol. The Kier molecular flexibility index (Phi) is 5.69. The van der Waals surface area contributed by atoms with E-state index in [1.165, 1.54) is 7.11 Å². The van der Waals surface area contributed by atoms with Crippen LogP contribution in [0.15, 0.2) is 22.6 Å². The molecule has 0 fully saturated rings. The molecule has 0 aromatic carbocycles. The van der Waals surface area contributed by atoms with Crippen molar-refractivity contribution in [3.63, 3.8) is 0 Å². The first-order valence-corrected chi connectivity index (χ1v) is 7.45. The van der Waals surface area contributed by atoms with Crippen molar-refractivity contribution in [3.05, 3.63) is 12.7 Å². The lowest BCUT2D eigenvalue weighted by molar-refractivity contribution is 0.0831. The van der Waals surface area contributed by atoms with Gasteiger partial charge in [0, 0.05) is 12.6 Å². The number of alkyl halides is 2. The van der Waals surface area contributed by atoms with E-state index in [0.29, 0.717) is 18.2 Å². The molecule has 1 amide bonds. The van der Waals surface area contributed by atoms with Gasteiger partial charge in [-0.2, -0.15) is 0 Å². The number of rotatable bonds is 6. The molecule has 0 bridgehead atoms. The van der Waals surface area contributed by atoms with Gasteiger partial charge >= 0.3 is 6.09 Å². The van der Waals surface area contributed by atoms with Crippen LogP contribution in [0, 0.1) is 0 Å². The molecule has 22 heavy (non-hydrogen) atoms. The molecule has 9 heteroatoms. The normalized spacial score (nSPS) is 24.2. The first-order chi connectivity index (χ1) is 10.0. The Balaban J connectivity index is 2.88. The van der Waals surface area contributed by atoms with Crippen molar-refractivity contribution in [2.45, 2.75) is 36.8 Å². The number of allylic oxidation sites excluding steroid dienone is 1. The molecule has 1 aliphatic heterocycles. The van der Waals surface area contributed by atoms with E-state index in [1.807, 2.05) is 0 Å². The van der Waals surface area contributed by atoms with Crippen LogP contribution in [0.3, 0.4) is 0 Å². The van der Waals surface area contributed by atoms with Crippen LogP contribution in [0.25, 0.3) is 0 Å². The minimum atomic E-state index is -3.01. The number of nitrogens with one attached hydrogen (secondary N) is 1. The van der Waals surface area contributed by atoms with Crippen LogP contribution >= 0.6 is 11.8 Å². The second kappa shape index (κ2) is 6.74. The number of hydrogen-bond acceptors (Lipinski definition) is 6. The zero-order chi connectivity index (χ0) is 17.0. The van der Waals surface area contributed by atoms with Gasteiger partial charge in [0.15, 0.2) is 4.99 Å². The Labute approximate surface area is 132 Å². The first kappa shape index (κ1) is 18.6. The second-order valence-electron chi connectivity index (χ2n) is 5.08. The Morgan fingerprint density at radius 2 is 2.36 bits per heavy atom. The van der Waals surface area contributed by atoms with E-state index in [2.05, 4.69) is 26.6 Å². The number of hydrogen-bond donors (Lipinski definition) is 2. The van der Waals surface area contributed by atoms with Crippen molar-refractivity contribution in [3.8, 4) is 0 Å². The van der Waals surface area contributed by atoms with Gasteiger partial charge in [-0.25, -0.2) is 13.6 Å². The molecule has 1 heterocycles. The van der Waals surface area contributed by atoms with Crippen LogP contribution in [-0.2, 0) is 4.74 Å². The third kappa shape index (κ3) is 5.06. The molecule has 1 rings (SSSR count). The quantitative estimate of drug-likeness (QED) is 0.575. The highest BCUT2D eigenvalue weighted by Gasteiger charge is 2.36. The van der Waals surface area contributed by atoms with Crippen LogP contribution < -0.4 is 11.1 Å². The van der Waals surface area contributed by atoms with Gasteiger partial charge in [-0.05, 0) is 19.9 Å². The van der Waals surface area contributed by atoms with E-state index in [-0.39, 0.29) is 0 Å². The number of alkyl carbamates (subject to hydrolysis) is 1. The van der Waals surface area contributed by atoms with Gasteiger partial charge in [0.05, 0.1) is 18.6 Å². The molecule has 0 aliphatic carbocycles. The fourth-order valence-corrected chi connectivity index (χ4v) is 2.56. The van der Waals surface area contributed by atoms with Crippen LogP contribution in [-0.4, -0.2) is 47.5 Å². The highest BCUT2D eigenvalue weighted by Crippen LogP contribution is 2.35. The number of methoxy groups -OCH3 is 1. The fraction of sp³-hybridized carbons (Fsp3) is 0.615. The zero-order valence-corrected chi connectivity index (χ0v) is 13.5. The number of carbonyl (C=O) groups excluding carboxylic acids is 1. The summed E-state index contributed by atoms with van der Waals surface area (Å²) >= 11 is 0.870. The summed E-state index contributed by atoms with van der Waals surface area (Å²) in [5.41, 5.74) is 5.18. The molecule has 0 saturated carbocycles. The van der Waals surface area contributed by atoms with Gasteiger partial charge in [0.25, 0.3) is 5.92 Å². The van der Waals surface area contributed by atoms with E-state index >= 15 is 0 Å². The van der Waals surface area contributed by atoms with Gasteiger partial charge in [-0.3, -0.25) is 15.3 Å². The highest BCUT2D eigenvalue weighted by atomic mass is 32.2. The van der Waals surface area contributed by atoms with Crippen molar-refractivity contribution in [2.75, 3.05) is 12.9 Å². The molecule has 0 aromatic heterocycles. The number of aliphatic imine (C=N–C) groups is 2. The summed E-state index contributed by atoms with van der Waals surface area (Å²) in [5, 5.41) is 2.45. The van der Waals surface area contributed by atoms with Gasteiger partial charge in [0.2, 0.25) is 0 Å². The first-order valence-electron chi connectivity index (χ1n) is 6.47. The molecular weight excluding hydrogens is 314 g/mol. The summed E-state index contributed by atoms with van der Waals surface area (Å²) in [6.07, 6.45) is 1.74. The number of nitrogens with zero attached hydrogens (tertiary/aromatic N) is 2. The summed E-state index contributed by atoms with van der Waals surface area (Å²) < 4.78 is 31.1. The average molecular weight is 334 g/mol. The molecule has 0 spiro atoms. The average Bonchev–Trinajstić information content (AvgIpc) is 2.45. The maximum Gasteiger partial charge on any atom is 0.408 e. The summed E-state index contributed by atoms with van der Waals surface area (Å²) in [6.45, 7) is 6.24. The summed E-state index contributed by atoms with van der Waals surface area (Å²) in [5.74, 6) is -3.51.